The average Bonchev–Trinajstić information content (AvgIpc) is 2.26. The number of hydrogen-bond donors (Lipinski definition) is 3. The second kappa shape index (κ2) is 8.00. The minimum absolute atomic E-state index is 0.236. The highest BCUT2D eigenvalue weighted by molar-refractivity contribution is 5.85. The molecule has 0 aromatic rings. The molecule has 0 aliphatic carbocycles. The summed E-state index contributed by atoms with van der Waals surface area (Å²) in [7, 11) is 0. The maximum absolute atomic E-state index is 8.60. The molecule has 0 aromatic heterocycles. The summed E-state index contributed by atoms with van der Waals surface area (Å²) in [6.07, 6.45) is 2.79. The molecule has 0 heterocycles. The summed E-state index contributed by atoms with van der Waals surface area (Å²) < 4.78 is 0. The van der Waals surface area contributed by atoms with Crippen LogP contribution in [0.15, 0.2) is 5.16 Å². The summed E-state index contributed by atoms with van der Waals surface area (Å²) in [6.45, 7) is 7.66. The molecule has 0 fully saturated rings. The molecule has 4 heteroatoms. The van der Waals surface area contributed by atoms with Crippen molar-refractivity contribution < 1.29 is 5.21 Å². The van der Waals surface area contributed by atoms with E-state index in [9.17, 15) is 0 Å². The smallest absolute Gasteiger partial charge is 0.144 e. The largest absolute Gasteiger partial charge is 0.409 e. The number of amidine groups is 1. The van der Waals surface area contributed by atoms with Gasteiger partial charge >= 0.3 is 0 Å². The average molecular weight is 225 g/mol. The third-order valence-electron chi connectivity index (χ3n) is 2.56. The van der Waals surface area contributed by atoms with Crippen molar-refractivity contribution in [3.63, 3.8) is 0 Å². The fourth-order valence-electron chi connectivity index (χ4n) is 1.32. The highest BCUT2D eigenvalue weighted by Gasteiger charge is 2.22. The maximum Gasteiger partial charge on any atom is 0.144 e. The van der Waals surface area contributed by atoms with Crippen molar-refractivity contribution in [3.8, 4) is 11.8 Å². The summed E-state index contributed by atoms with van der Waals surface area (Å²) in [5, 5.41) is 15.0. The molecule has 4 nitrogen and oxygen atoms in total. The van der Waals surface area contributed by atoms with Crippen molar-refractivity contribution in [2.75, 3.05) is 13.1 Å². The minimum atomic E-state index is -0.236. The van der Waals surface area contributed by atoms with E-state index in [-0.39, 0.29) is 5.41 Å². The van der Waals surface area contributed by atoms with Gasteiger partial charge in [-0.15, -0.1) is 11.8 Å². The Morgan fingerprint density at radius 3 is 2.69 bits per heavy atom. The Morgan fingerprint density at radius 1 is 1.44 bits per heavy atom. The molecule has 0 bridgehead atoms. The van der Waals surface area contributed by atoms with Gasteiger partial charge in [0.1, 0.15) is 5.84 Å². The van der Waals surface area contributed by atoms with Crippen molar-refractivity contribution in [2.45, 2.75) is 40.0 Å². The van der Waals surface area contributed by atoms with Crippen LogP contribution in [-0.4, -0.2) is 24.1 Å². The molecule has 0 aromatic carbocycles. The molecule has 0 aliphatic rings. The van der Waals surface area contributed by atoms with Gasteiger partial charge < -0.3 is 16.3 Å². The second-order valence-corrected chi connectivity index (χ2v) is 4.40. The molecule has 0 saturated heterocycles. The molecule has 4 N–H and O–H groups in total. The molecule has 0 radical (unpaired) electrons. The number of nitrogens with zero attached hydrogens (tertiary/aromatic N) is 1. The van der Waals surface area contributed by atoms with Gasteiger partial charge in [-0.05, 0) is 26.3 Å². The first-order chi connectivity index (χ1) is 7.54. The molecule has 0 unspecified atom stereocenters. The molecular weight excluding hydrogens is 202 g/mol. The molecule has 0 aliphatic heterocycles. The zero-order valence-electron chi connectivity index (χ0n) is 10.5. The molecule has 0 saturated carbocycles. The van der Waals surface area contributed by atoms with E-state index in [0.29, 0.717) is 5.84 Å². The van der Waals surface area contributed by atoms with Crippen LogP contribution >= 0.6 is 0 Å². The Kier molecular flexibility index (Phi) is 7.40. The Balaban J connectivity index is 3.61. The van der Waals surface area contributed by atoms with E-state index in [1.807, 2.05) is 20.8 Å². The minimum Gasteiger partial charge on any atom is -0.409 e. The summed E-state index contributed by atoms with van der Waals surface area (Å²) in [6, 6.07) is 0. The number of hydrogen-bond acceptors (Lipinski definition) is 3. The van der Waals surface area contributed by atoms with Gasteiger partial charge in [-0.1, -0.05) is 19.0 Å². The molecule has 16 heavy (non-hydrogen) atoms. The fourth-order valence-corrected chi connectivity index (χ4v) is 1.32. The lowest BCUT2D eigenvalue weighted by Crippen LogP contribution is -2.32. The van der Waals surface area contributed by atoms with Gasteiger partial charge in [0.05, 0.1) is 0 Å². The summed E-state index contributed by atoms with van der Waals surface area (Å²) in [4.78, 5) is 0. The van der Waals surface area contributed by atoms with Crippen LogP contribution in [0, 0.1) is 17.3 Å². The molecule has 0 atom stereocenters. The maximum atomic E-state index is 8.60. The Hall–Kier alpha value is -1.21. The predicted molar refractivity (Wildman–Crippen MR) is 67.4 cm³/mol. The molecule has 0 spiro atoms. The van der Waals surface area contributed by atoms with Crippen LogP contribution in [0.25, 0.3) is 0 Å². The first kappa shape index (κ1) is 14.8. The first-order valence-corrected chi connectivity index (χ1v) is 5.63. The van der Waals surface area contributed by atoms with Crippen molar-refractivity contribution in [2.24, 2.45) is 16.3 Å². The van der Waals surface area contributed by atoms with Crippen LogP contribution in [0.2, 0.25) is 0 Å². The standard InChI is InChI=1S/C12H23N3O/c1-4-5-6-9-14-10-7-8-12(2,3)11(13)15-16/h14,16H,6-10H2,1-3H3,(H2,13,15). The topological polar surface area (TPSA) is 70.6 Å². The quantitative estimate of drug-likeness (QED) is 0.154. The van der Waals surface area contributed by atoms with Crippen molar-refractivity contribution in [3.05, 3.63) is 0 Å². The molecular formula is C12H23N3O. The van der Waals surface area contributed by atoms with Gasteiger partial charge in [-0.25, -0.2) is 0 Å². The van der Waals surface area contributed by atoms with E-state index in [0.717, 1.165) is 32.4 Å². The second-order valence-electron chi connectivity index (χ2n) is 4.40. The van der Waals surface area contributed by atoms with E-state index in [4.69, 9.17) is 10.9 Å². The summed E-state index contributed by atoms with van der Waals surface area (Å²) >= 11 is 0. The van der Waals surface area contributed by atoms with E-state index in [1.54, 1.807) is 0 Å². The van der Waals surface area contributed by atoms with Crippen LogP contribution < -0.4 is 11.1 Å². The van der Waals surface area contributed by atoms with Crippen molar-refractivity contribution >= 4 is 5.84 Å². The first-order valence-electron chi connectivity index (χ1n) is 5.63. The molecule has 92 valence electrons. The Bertz CT molecular complexity index is 274. The lowest BCUT2D eigenvalue weighted by molar-refractivity contribution is 0.304. The van der Waals surface area contributed by atoms with Crippen LogP contribution in [0.5, 0.6) is 0 Å². The van der Waals surface area contributed by atoms with Crippen LogP contribution in [0.4, 0.5) is 0 Å². The normalized spacial score (nSPS) is 12.1. The lowest BCUT2D eigenvalue weighted by Gasteiger charge is -2.22. The number of nitrogens with two attached hydrogens (primary N) is 1. The zero-order valence-corrected chi connectivity index (χ0v) is 10.5. The monoisotopic (exact) mass is 225 g/mol. The highest BCUT2D eigenvalue weighted by Crippen LogP contribution is 2.21. The number of rotatable bonds is 7. The zero-order chi connectivity index (χ0) is 12.4. The van der Waals surface area contributed by atoms with Gasteiger partial charge in [0.25, 0.3) is 0 Å². The van der Waals surface area contributed by atoms with Gasteiger partial charge in [0.2, 0.25) is 0 Å². The summed E-state index contributed by atoms with van der Waals surface area (Å²) in [5.74, 6) is 6.15. The Morgan fingerprint density at radius 2 is 2.12 bits per heavy atom. The van der Waals surface area contributed by atoms with Gasteiger partial charge in [0, 0.05) is 18.4 Å². The van der Waals surface area contributed by atoms with Gasteiger partial charge in [-0.2, -0.15) is 0 Å². The number of nitrogens with one attached hydrogen (secondary N) is 1. The molecule has 0 rings (SSSR count). The van der Waals surface area contributed by atoms with Crippen LogP contribution in [0.1, 0.15) is 40.0 Å². The van der Waals surface area contributed by atoms with E-state index >= 15 is 0 Å². The van der Waals surface area contributed by atoms with Crippen LogP contribution in [0.3, 0.4) is 0 Å². The van der Waals surface area contributed by atoms with Gasteiger partial charge in [0.15, 0.2) is 0 Å². The molecule has 0 amide bonds. The SMILES string of the molecule is CC#CCCNCCCC(C)(C)C(N)=NO. The Labute approximate surface area is 98.3 Å². The highest BCUT2D eigenvalue weighted by atomic mass is 16.4. The fraction of sp³-hybridized carbons (Fsp3) is 0.750. The van der Waals surface area contributed by atoms with Gasteiger partial charge in [-0.3, -0.25) is 0 Å². The third kappa shape index (κ3) is 6.31. The third-order valence-corrected chi connectivity index (χ3v) is 2.56. The van der Waals surface area contributed by atoms with Crippen molar-refractivity contribution in [1.29, 1.82) is 0 Å². The van der Waals surface area contributed by atoms with E-state index in [2.05, 4.69) is 22.3 Å². The van der Waals surface area contributed by atoms with E-state index in [1.165, 1.54) is 0 Å². The predicted octanol–water partition coefficient (Wildman–Crippen LogP) is 1.54. The number of oxime groups is 1. The van der Waals surface area contributed by atoms with E-state index < -0.39 is 0 Å². The van der Waals surface area contributed by atoms with Crippen LogP contribution in [-0.2, 0) is 0 Å². The van der Waals surface area contributed by atoms with Crippen molar-refractivity contribution in [1.82, 2.24) is 5.32 Å². The lowest BCUT2D eigenvalue weighted by atomic mass is 9.86. The summed E-state index contributed by atoms with van der Waals surface area (Å²) in [5.41, 5.74) is 5.36.